The van der Waals surface area contributed by atoms with Crippen molar-refractivity contribution in [1.29, 1.82) is 0 Å². The Morgan fingerprint density at radius 1 is 1.00 bits per heavy atom. The molecule has 3 rings (SSSR count). The van der Waals surface area contributed by atoms with E-state index in [0.717, 1.165) is 17.2 Å². The van der Waals surface area contributed by atoms with Gasteiger partial charge in [-0.2, -0.15) is 13.2 Å². The second-order valence-electron chi connectivity index (χ2n) is 6.21. The molecule has 0 fully saturated rings. The van der Waals surface area contributed by atoms with Crippen molar-refractivity contribution in [1.82, 2.24) is 4.98 Å². The molecule has 4 nitrogen and oxygen atoms in total. The number of nitrogens with zero attached hydrogens (tertiary/aromatic N) is 1. The maximum atomic E-state index is 13.0. The molecule has 3 aromatic rings. The number of anilines is 2. The largest absolute Gasteiger partial charge is 0.418 e. The fourth-order valence-corrected chi connectivity index (χ4v) is 2.66. The number of amides is 1. The van der Waals surface area contributed by atoms with Gasteiger partial charge in [-0.05, 0) is 42.3 Å². The van der Waals surface area contributed by atoms with Gasteiger partial charge in [0.2, 0.25) is 0 Å². The number of nitrogens with one attached hydrogen (secondary N) is 2. The number of carbonyl (C=O) groups excluding carboxylic acids is 1. The number of hydrogen-bond acceptors (Lipinski definition) is 3. The second kappa shape index (κ2) is 8.12. The number of alkyl halides is 3. The lowest BCUT2D eigenvalue weighted by atomic mass is 10.1. The molecule has 0 saturated heterocycles. The molecule has 28 heavy (non-hydrogen) atoms. The van der Waals surface area contributed by atoms with Crippen molar-refractivity contribution >= 4 is 17.4 Å². The summed E-state index contributed by atoms with van der Waals surface area (Å²) in [5.41, 5.74) is 1.25. The quantitative estimate of drug-likeness (QED) is 0.629. The van der Waals surface area contributed by atoms with Gasteiger partial charge in [-0.25, -0.2) is 4.98 Å². The second-order valence-corrected chi connectivity index (χ2v) is 6.21. The summed E-state index contributed by atoms with van der Waals surface area (Å²) in [4.78, 5) is 16.5. The van der Waals surface area contributed by atoms with Crippen LogP contribution in [0, 0.1) is 6.92 Å². The first-order chi connectivity index (χ1) is 13.3. The Balaban J connectivity index is 1.67. The van der Waals surface area contributed by atoms with Gasteiger partial charge in [0.15, 0.2) is 0 Å². The van der Waals surface area contributed by atoms with E-state index in [1.807, 2.05) is 31.2 Å². The molecular weight excluding hydrogens is 367 g/mol. The molecule has 1 heterocycles. The van der Waals surface area contributed by atoms with Gasteiger partial charge in [0.25, 0.3) is 5.91 Å². The van der Waals surface area contributed by atoms with Gasteiger partial charge in [-0.1, -0.05) is 36.4 Å². The molecular formula is C21H18F3N3O. The summed E-state index contributed by atoms with van der Waals surface area (Å²) in [5, 5.41) is 5.45. The van der Waals surface area contributed by atoms with Crippen molar-refractivity contribution in [3.8, 4) is 0 Å². The summed E-state index contributed by atoms with van der Waals surface area (Å²) in [5.74, 6) is -0.0925. The third-order valence-electron chi connectivity index (χ3n) is 4.23. The van der Waals surface area contributed by atoms with E-state index < -0.39 is 17.6 Å². The third kappa shape index (κ3) is 4.68. The molecule has 0 unspecified atom stereocenters. The van der Waals surface area contributed by atoms with Crippen LogP contribution < -0.4 is 10.6 Å². The first kappa shape index (κ1) is 19.4. The average molecular weight is 385 g/mol. The van der Waals surface area contributed by atoms with Gasteiger partial charge in [0, 0.05) is 12.7 Å². The van der Waals surface area contributed by atoms with E-state index in [9.17, 15) is 18.0 Å². The van der Waals surface area contributed by atoms with Crippen LogP contribution in [-0.2, 0) is 12.7 Å². The van der Waals surface area contributed by atoms with Crippen LogP contribution in [-0.4, -0.2) is 10.9 Å². The van der Waals surface area contributed by atoms with Crippen molar-refractivity contribution in [2.24, 2.45) is 0 Å². The highest BCUT2D eigenvalue weighted by Gasteiger charge is 2.33. The molecule has 0 bridgehead atoms. The summed E-state index contributed by atoms with van der Waals surface area (Å²) < 4.78 is 39.1. The van der Waals surface area contributed by atoms with Gasteiger partial charge >= 0.3 is 6.18 Å². The van der Waals surface area contributed by atoms with Crippen LogP contribution in [0.1, 0.15) is 27.0 Å². The van der Waals surface area contributed by atoms with Crippen molar-refractivity contribution in [3.05, 3.63) is 89.1 Å². The molecule has 0 aliphatic carbocycles. The lowest BCUT2D eigenvalue weighted by molar-refractivity contribution is -0.136. The number of aromatic nitrogens is 1. The molecule has 0 radical (unpaired) electrons. The third-order valence-corrected chi connectivity index (χ3v) is 4.23. The van der Waals surface area contributed by atoms with Gasteiger partial charge in [0.05, 0.1) is 16.8 Å². The first-order valence-corrected chi connectivity index (χ1v) is 8.56. The highest BCUT2D eigenvalue weighted by atomic mass is 19.4. The van der Waals surface area contributed by atoms with Gasteiger partial charge < -0.3 is 10.6 Å². The number of carbonyl (C=O) groups is 1. The van der Waals surface area contributed by atoms with Crippen LogP contribution in [0.4, 0.5) is 24.7 Å². The van der Waals surface area contributed by atoms with Crippen molar-refractivity contribution in [2.45, 2.75) is 19.6 Å². The predicted molar refractivity (Wildman–Crippen MR) is 102 cm³/mol. The summed E-state index contributed by atoms with van der Waals surface area (Å²) in [7, 11) is 0. The van der Waals surface area contributed by atoms with Crippen LogP contribution >= 0.6 is 0 Å². The maximum Gasteiger partial charge on any atom is 0.418 e. The Bertz CT molecular complexity index is 969. The Labute approximate surface area is 160 Å². The maximum absolute atomic E-state index is 13.0. The molecule has 0 spiro atoms. The van der Waals surface area contributed by atoms with E-state index >= 15 is 0 Å². The highest BCUT2D eigenvalue weighted by Crippen LogP contribution is 2.34. The highest BCUT2D eigenvalue weighted by molar-refractivity contribution is 6.04. The minimum atomic E-state index is -4.55. The number of aryl methyl sites for hydroxylation is 1. The molecule has 2 N–H and O–H groups in total. The predicted octanol–water partition coefficient (Wildman–Crippen LogP) is 5.27. The number of rotatable bonds is 5. The normalized spacial score (nSPS) is 11.1. The molecule has 0 atom stereocenters. The first-order valence-electron chi connectivity index (χ1n) is 8.56. The summed E-state index contributed by atoms with van der Waals surface area (Å²) in [6.45, 7) is 2.58. The Morgan fingerprint density at radius 2 is 1.71 bits per heavy atom. The fourth-order valence-electron chi connectivity index (χ4n) is 2.66. The zero-order chi connectivity index (χ0) is 20.1. The summed E-state index contributed by atoms with van der Waals surface area (Å²) >= 11 is 0. The molecule has 0 saturated carbocycles. The standard InChI is InChI=1S/C21H18F3N3O/c1-14-6-2-3-7-15(14)12-25-19-11-10-16(13-26-19)20(28)27-18-9-5-4-8-17(18)21(22,23)24/h2-11,13H,12H2,1H3,(H,25,26)(H,27,28). The van der Waals surface area contributed by atoms with E-state index in [1.165, 1.54) is 30.5 Å². The molecule has 0 aliphatic rings. The molecule has 7 heteroatoms. The summed E-state index contributed by atoms with van der Waals surface area (Å²) in [6.07, 6.45) is -3.23. The topological polar surface area (TPSA) is 54.0 Å². The molecule has 1 amide bonds. The van der Waals surface area contributed by atoms with Gasteiger partial charge in [-0.3, -0.25) is 4.79 Å². The van der Waals surface area contributed by atoms with Crippen LogP contribution in [0.5, 0.6) is 0 Å². The van der Waals surface area contributed by atoms with Gasteiger partial charge in [0.1, 0.15) is 5.82 Å². The minimum absolute atomic E-state index is 0.165. The lowest BCUT2D eigenvalue weighted by Gasteiger charge is -2.13. The zero-order valence-corrected chi connectivity index (χ0v) is 15.0. The number of benzene rings is 2. The number of halogens is 3. The van der Waals surface area contributed by atoms with E-state index in [0.29, 0.717) is 12.4 Å². The van der Waals surface area contributed by atoms with Crippen LogP contribution in [0.2, 0.25) is 0 Å². The molecule has 1 aromatic heterocycles. The van der Waals surface area contributed by atoms with Crippen LogP contribution in [0.25, 0.3) is 0 Å². The SMILES string of the molecule is Cc1ccccc1CNc1ccc(C(=O)Nc2ccccc2C(F)(F)F)cn1. The smallest absolute Gasteiger partial charge is 0.366 e. The van der Waals surface area contributed by atoms with Crippen molar-refractivity contribution in [3.63, 3.8) is 0 Å². The van der Waals surface area contributed by atoms with E-state index in [4.69, 9.17) is 0 Å². The molecule has 0 aliphatic heterocycles. The molecule has 144 valence electrons. The monoisotopic (exact) mass is 385 g/mol. The van der Waals surface area contributed by atoms with Crippen LogP contribution in [0.3, 0.4) is 0 Å². The van der Waals surface area contributed by atoms with Crippen molar-refractivity contribution < 1.29 is 18.0 Å². The Kier molecular flexibility index (Phi) is 5.63. The van der Waals surface area contributed by atoms with E-state index in [-0.39, 0.29) is 11.3 Å². The Hall–Kier alpha value is -3.35. The lowest BCUT2D eigenvalue weighted by Crippen LogP contribution is -2.17. The number of pyridine rings is 1. The van der Waals surface area contributed by atoms with Crippen molar-refractivity contribution in [2.75, 3.05) is 10.6 Å². The van der Waals surface area contributed by atoms with Gasteiger partial charge in [-0.15, -0.1) is 0 Å². The molecule has 2 aromatic carbocycles. The minimum Gasteiger partial charge on any atom is -0.366 e. The van der Waals surface area contributed by atoms with E-state index in [1.54, 1.807) is 6.07 Å². The van der Waals surface area contributed by atoms with E-state index in [2.05, 4.69) is 15.6 Å². The number of hydrogen-bond donors (Lipinski definition) is 2. The Morgan fingerprint density at radius 3 is 2.39 bits per heavy atom. The average Bonchev–Trinajstić information content (AvgIpc) is 2.67. The fraction of sp³-hybridized carbons (Fsp3) is 0.143. The number of para-hydroxylation sites is 1. The summed E-state index contributed by atoms with van der Waals surface area (Å²) in [6, 6.07) is 15.9. The zero-order valence-electron chi connectivity index (χ0n) is 15.0. The van der Waals surface area contributed by atoms with Crippen LogP contribution in [0.15, 0.2) is 66.9 Å².